The molecule has 3 N–H and O–H groups in total. The quantitative estimate of drug-likeness (QED) is 0.0256. The minimum Gasteiger partial charge on any atom is -0.387 e. The molecule has 0 aromatic carbocycles. The van der Waals surface area contributed by atoms with Crippen molar-refractivity contribution in [3.05, 3.63) is 48.6 Å². The molecule has 0 aromatic rings. The van der Waals surface area contributed by atoms with Crippen molar-refractivity contribution in [2.75, 3.05) is 40.9 Å². The van der Waals surface area contributed by atoms with Crippen molar-refractivity contribution in [3.8, 4) is 0 Å². The van der Waals surface area contributed by atoms with Gasteiger partial charge in [0.05, 0.1) is 39.9 Å². The third-order valence-electron chi connectivity index (χ3n) is 8.73. The fraction of sp³-hybridized carbons (Fsp3) is 0.786. The predicted octanol–water partition coefficient (Wildman–Crippen LogP) is 10.9. The van der Waals surface area contributed by atoms with Crippen molar-refractivity contribution < 1.29 is 32.9 Å². The molecule has 0 aromatic heterocycles. The van der Waals surface area contributed by atoms with Gasteiger partial charge in [-0.2, -0.15) is 0 Å². The highest BCUT2D eigenvalue weighted by molar-refractivity contribution is 7.47. The van der Waals surface area contributed by atoms with E-state index < -0.39 is 20.0 Å². The first kappa shape index (κ1) is 49.5. The van der Waals surface area contributed by atoms with Gasteiger partial charge in [-0.25, -0.2) is 4.57 Å². The molecule has 0 spiro atoms. The van der Waals surface area contributed by atoms with Gasteiger partial charge in [0.1, 0.15) is 13.2 Å². The number of rotatable bonds is 36. The molecule has 8 nitrogen and oxygen atoms in total. The molecule has 298 valence electrons. The van der Waals surface area contributed by atoms with E-state index in [9.17, 15) is 19.4 Å². The Morgan fingerprint density at radius 3 is 1.65 bits per heavy atom. The number of amides is 1. The number of hydrogen-bond acceptors (Lipinski definition) is 5. The molecule has 0 aliphatic rings. The summed E-state index contributed by atoms with van der Waals surface area (Å²) in [6.45, 7) is 4.69. The standard InChI is InChI=1S/C42H79N2O6P/c1-6-8-10-12-14-16-18-19-20-21-22-23-24-25-26-27-29-31-33-35-41(45)40(39-50-51(47,48)49-38-37-44(3,4)5)43-42(46)36-34-32-30-28-17-15-13-11-9-7-2/h11,13,22-23,26-27,33,35,40-41,45H,6-10,12,14-21,24-25,28-32,34,36-39H2,1-5H3,(H-,43,46,47,48)/p+1/b13-11-,23-22+,27-26+,35-33+. The van der Waals surface area contributed by atoms with Crippen molar-refractivity contribution in [2.24, 2.45) is 0 Å². The summed E-state index contributed by atoms with van der Waals surface area (Å²) >= 11 is 0. The third-order valence-corrected chi connectivity index (χ3v) is 9.71. The van der Waals surface area contributed by atoms with Crippen molar-refractivity contribution in [1.82, 2.24) is 5.32 Å². The van der Waals surface area contributed by atoms with Crippen LogP contribution in [0.4, 0.5) is 0 Å². The molecule has 0 aliphatic heterocycles. The van der Waals surface area contributed by atoms with Crippen LogP contribution in [0.15, 0.2) is 48.6 Å². The van der Waals surface area contributed by atoms with Gasteiger partial charge in [-0.3, -0.25) is 13.8 Å². The zero-order valence-corrected chi connectivity index (χ0v) is 34.5. The molecule has 0 saturated heterocycles. The number of phosphoric ester groups is 1. The van der Waals surface area contributed by atoms with E-state index in [0.29, 0.717) is 17.4 Å². The predicted molar refractivity (Wildman–Crippen MR) is 217 cm³/mol. The van der Waals surface area contributed by atoms with Crippen LogP contribution in [-0.2, 0) is 18.4 Å². The number of carbonyl (C=O) groups excluding carboxylic acids is 1. The van der Waals surface area contributed by atoms with E-state index >= 15 is 0 Å². The summed E-state index contributed by atoms with van der Waals surface area (Å²) in [7, 11) is 1.53. The van der Waals surface area contributed by atoms with Gasteiger partial charge in [-0.05, 0) is 64.2 Å². The van der Waals surface area contributed by atoms with Gasteiger partial charge < -0.3 is 19.8 Å². The number of quaternary nitrogens is 1. The number of unbranched alkanes of at least 4 members (excludes halogenated alkanes) is 17. The molecule has 0 fully saturated rings. The molecule has 51 heavy (non-hydrogen) atoms. The molecule has 0 bridgehead atoms. The number of nitrogens with one attached hydrogen (secondary N) is 1. The Kier molecular flexibility index (Phi) is 33.2. The number of nitrogens with zero attached hydrogens (tertiary/aromatic N) is 1. The molecule has 0 radical (unpaired) electrons. The molecular formula is C42H80N2O6P+. The maximum absolute atomic E-state index is 12.8. The average molecular weight is 740 g/mol. The number of phosphoric acid groups is 1. The van der Waals surface area contributed by atoms with Gasteiger partial charge in [0, 0.05) is 6.42 Å². The van der Waals surface area contributed by atoms with Crippen LogP contribution < -0.4 is 5.32 Å². The fourth-order valence-electron chi connectivity index (χ4n) is 5.43. The highest BCUT2D eigenvalue weighted by atomic mass is 31.2. The minimum absolute atomic E-state index is 0.0505. The Bertz CT molecular complexity index is 975. The number of allylic oxidation sites excluding steroid dienone is 7. The van der Waals surface area contributed by atoms with Crippen molar-refractivity contribution in [3.63, 3.8) is 0 Å². The first-order valence-electron chi connectivity index (χ1n) is 20.5. The zero-order chi connectivity index (χ0) is 37.9. The van der Waals surface area contributed by atoms with Gasteiger partial charge in [0.15, 0.2) is 0 Å². The first-order valence-corrected chi connectivity index (χ1v) is 22.0. The Labute approximate surface area is 314 Å². The molecule has 0 aliphatic carbocycles. The summed E-state index contributed by atoms with van der Waals surface area (Å²) in [4.78, 5) is 23.0. The highest BCUT2D eigenvalue weighted by Gasteiger charge is 2.27. The smallest absolute Gasteiger partial charge is 0.387 e. The maximum atomic E-state index is 12.8. The molecule has 0 heterocycles. The summed E-state index contributed by atoms with van der Waals surface area (Å²) in [6.07, 6.45) is 41.9. The lowest BCUT2D eigenvalue weighted by molar-refractivity contribution is -0.870. The van der Waals surface area contributed by atoms with Crippen LogP contribution in [0.3, 0.4) is 0 Å². The number of likely N-dealkylation sites (N-methyl/N-ethyl adjacent to an activating group) is 1. The van der Waals surface area contributed by atoms with Crippen LogP contribution >= 0.6 is 7.82 Å². The monoisotopic (exact) mass is 740 g/mol. The van der Waals surface area contributed by atoms with Crippen LogP contribution in [-0.4, -0.2) is 73.4 Å². The van der Waals surface area contributed by atoms with E-state index in [1.807, 2.05) is 27.2 Å². The Morgan fingerprint density at radius 2 is 1.12 bits per heavy atom. The van der Waals surface area contributed by atoms with E-state index in [4.69, 9.17) is 9.05 Å². The average Bonchev–Trinajstić information content (AvgIpc) is 3.07. The minimum atomic E-state index is -4.34. The van der Waals surface area contributed by atoms with Gasteiger partial charge in [-0.1, -0.05) is 140 Å². The van der Waals surface area contributed by atoms with Gasteiger partial charge in [0.2, 0.25) is 5.91 Å². The van der Waals surface area contributed by atoms with Crippen molar-refractivity contribution in [2.45, 2.75) is 174 Å². The lowest BCUT2D eigenvalue weighted by Crippen LogP contribution is -2.45. The number of aliphatic hydroxyl groups is 1. The Morgan fingerprint density at radius 1 is 0.647 bits per heavy atom. The second-order valence-corrected chi connectivity index (χ2v) is 16.4. The Balaban J connectivity index is 4.54. The summed E-state index contributed by atoms with van der Waals surface area (Å²) in [6, 6.07) is -0.871. The first-order chi connectivity index (χ1) is 24.5. The number of hydrogen-bond donors (Lipinski definition) is 3. The van der Waals surface area contributed by atoms with Gasteiger partial charge >= 0.3 is 7.82 Å². The number of aliphatic hydroxyl groups excluding tert-OH is 1. The summed E-state index contributed by atoms with van der Waals surface area (Å²) in [5, 5.41) is 13.7. The molecule has 0 saturated carbocycles. The van der Waals surface area contributed by atoms with Gasteiger partial charge in [0.25, 0.3) is 0 Å². The van der Waals surface area contributed by atoms with E-state index in [1.54, 1.807) is 6.08 Å². The second kappa shape index (κ2) is 34.2. The third kappa shape index (κ3) is 36.6. The van der Waals surface area contributed by atoms with Crippen LogP contribution in [0.5, 0.6) is 0 Å². The van der Waals surface area contributed by atoms with Crippen LogP contribution in [0.2, 0.25) is 0 Å². The van der Waals surface area contributed by atoms with E-state index in [1.165, 1.54) is 70.6 Å². The van der Waals surface area contributed by atoms with E-state index in [2.05, 4.69) is 55.6 Å². The lowest BCUT2D eigenvalue weighted by atomic mass is 10.1. The normalized spacial score (nSPS) is 15.0. The summed E-state index contributed by atoms with van der Waals surface area (Å²) in [5.41, 5.74) is 0. The molecule has 9 heteroatoms. The van der Waals surface area contributed by atoms with Crippen molar-refractivity contribution >= 4 is 13.7 Å². The van der Waals surface area contributed by atoms with Crippen molar-refractivity contribution in [1.29, 1.82) is 0 Å². The molecular weight excluding hydrogens is 659 g/mol. The topological polar surface area (TPSA) is 105 Å². The SMILES string of the molecule is CCC/C=C\CCCCCCCC(=O)NC(COP(=O)(O)OCC[N+](C)(C)C)C(O)/C=C/CC/C=C/CC/C=C/CCCCCCCCCCC. The highest BCUT2D eigenvalue weighted by Crippen LogP contribution is 2.43. The van der Waals surface area contributed by atoms with E-state index in [0.717, 1.165) is 70.6 Å². The molecule has 1 amide bonds. The maximum Gasteiger partial charge on any atom is 0.472 e. The number of carbonyl (C=O) groups is 1. The van der Waals surface area contributed by atoms with Crippen LogP contribution in [0.25, 0.3) is 0 Å². The molecule has 3 unspecified atom stereocenters. The molecule has 3 atom stereocenters. The zero-order valence-electron chi connectivity index (χ0n) is 33.6. The fourth-order valence-corrected chi connectivity index (χ4v) is 6.16. The van der Waals surface area contributed by atoms with Crippen LogP contribution in [0, 0.1) is 0 Å². The summed E-state index contributed by atoms with van der Waals surface area (Å²) in [5.74, 6) is -0.206. The lowest BCUT2D eigenvalue weighted by Gasteiger charge is -2.25. The largest absolute Gasteiger partial charge is 0.472 e. The Hall–Kier alpha value is -1.54. The summed E-state index contributed by atoms with van der Waals surface area (Å²) < 4.78 is 23.4. The van der Waals surface area contributed by atoms with Crippen LogP contribution in [0.1, 0.15) is 162 Å². The second-order valence-electron chi connectivity index (χ2n) is 15.0. The van der Waals surface area contributed by atoms with Gasteiger partial charge in [-0.15, -0.1) is 0 Å². The van der Waals surface area contributed by atoms with E-state index in [-0.39, 0.29) is 19.1 Å². The molecule has 0 rings (SSSR count).